The Bertz CT molecular complexity index is 434. The van der Waals surface area contributed by atoms with Gasteiger partial charge in [0.25, 0.3) is 0 Å². The number of allylic oxidation sites excluding steroid dienone is 1. The van der Waals surface area contributed by atoms with Crippen molar-refractivity contribution in [3.63, 3.8) is 0 Å². The number of para-hydroxylation sites is 1. The van der Waals surface area contributed by atoms with Crippen LogP contribution in [0.5, 0.6) is 5.75 Å². The number of nitrogens with one attached hydrogen (secondary N) is 1. The van der Waals surface area contributed by atoms with E-state index in [2.05, 4.69) is 5.32 Å². The van der Waals surface area contributed by atoms with E-state index in [1.54, 1.807) is 13.2 Å². The Morgan fingerprint density at radius 2 is 2.06 bits per heavy atom. The van der Waals surface area contributed by atoms with Gasteiger partial charge in [0, 0.05) is 12.1 Å². The molecule has 0 saturated carbocycles. The van der Waals surface area contributed by atoms with E-state index in [0.29, 0.717) is 0 Å². The van der Waals surface area contributed by atoms with Crippen LogP contribution in [0.1, 0.15) is 26.3 Å². The van der Waals surface area contributed by atoms with Crippen molar-refractivity contribution in [3.05, 3.63) is 41.5 Å². The molecule has 0 aliphatic heterocycles. The summed E-state index contributed by atoms with van der Waals surface area (Å²) in [6.45, 7) is 5.80. The highest BCUT2D eigenvalue weighted by Gasteiger charge is 2.09. The van der Waals surface area contributed by atoms with Gasteiger partial charge in [0.05, 0.1) is 7.11 Å². The minimum absolute atomic E-state index is 0.0441. The molecule has 0 aliphatic carbocycles. The van der Waals surface area contributed by atoms with E-state index < -0.39 is 0 Å². The molecule has 0 radical (unpaired) electrons. The molecule has 1 rings (SSSR count). The van der Waals surface area contributed by atoms with Gasteiger partial charge in [0.1, 0.15) is 5.75 Å². The molecular formula is C15H21NO2. The fourth-order valence-corrected chi connectivity index (χ4v) is 1.80. The van der Waals surface area contributed by atoms with Crippen LogP contribution in [0.4, 0.5) is 0 Å². The zero-order valence-corrected chi connectivity index (χ0v) is 11.5. The summed E-state index contributed by atoms with van der Waals surface area (Å²) in [5.41, 5.74) is 2.10. The van der Waals surface area contributed by atoms with E-state index >= 15 is 0 Å². The quantitative estimate of drug-likeness (QED) is 0.812. The zero-order chi connectivity index (χ0) is 13.5. The second kappa shape index (κ2) is 6.84. The number of amides is 1. The van der Waals surface area contributed by atoms with Crippen LogP contribution >= 0.6 is 0 Å². The standard InChI is InChI=1S/C15H21NO2/c1-11(2)9-15(17)16-12(3)10-13-7-5-6-8-14(13)18-4/h5-9,12H,10H2,1-4H3,(H,16,17). The monoisotopic (exact) mass is 247 g/mol. The van der Waals surface area contributed by atoms with Gasteiger partial charge in [-0.3, -0.25) is 4.79 Å². The largest absolute Gasteiger partial charge is 0.496 e. The molecule has 0 aromatic heterocycles. The topological polar surface area (TPSA) is 38.3 Å². The van der Waals surface area contributed by atoms with Crippen LogP contribution < -0.4 is 10.1 Å². The van der Waals surface area contributed by atoms with E-state index in [1.807, 2.05) is 45.0 Å². The average Bonchev–Trinajstić information content (AvgIpc) is 2.28. The summed E-state index contributed by atoms with van der Waals surface area (Å²) in [5, 5.41) is 2.94. The summed E-state index contributed by atoms with van der Waals surface area (Å²) in [6.07, 6.45) is 2.37. The SMILES string of the molecule is COc1ccccc1CC(C)NC(=O)C=C(C)C. The number of methoxy groups -OCH3 is 1. The second-order valence-corrected chi connectivity index (χ2v) is 4.65. The highest BCUT2D eigenvalue weighted by molar-refractivity contribution is 5.88. The van der Waals surface area contributed by atoms with Crippen LogP contribution in [-0.2, 0) is 11.2 Å². The van der Waals surface area contributed by atoms with E-state index in [-0.39, 0.29) is 11.9 Å². The average molecular weight is 247 g/mol. The molecule has 0 heterocycles. The van der Waals surface area contributed by atoms with Crippen molar-refractivity contribution in [1.82, 2.24) is 5.32 Å². The first-order valence-electron chi connectivity index (χ1n) is 6.10. The molecule has 18 heavy (non-hydrogen) atoms. The van der Waals surface area contributed by atoms with Gasteiger partial charge in [-0.25, -0.2) is 0 Å². The van der Waals surface area contributed by atoms with Crippen molar-refractivity contribution in [2.24, 2.45) is 0 Å². The Labute approximate surface area is 109 Å². The minimum Gasteiger partial charge on any atom is -0.496 e. The Kier molecular flexibility index (Phi) is 5.43. The molecule has 0 spiro atoms. The molecule has 1 aromatic rings. The maximum absolute atomic E-state index is 11.6. The van der Waals surface area contributed by atoms with Crippen LogP contribution in [0, 0.1) is 0 Å². The Morgan fingerprint density at radius 3 is 2.67 bits per heavy atom. The lowest BCUT2D eigenvalue weighted by atomic mass is 10.1. The van der Waals surface area contributed by atoms with Crippen molar-refractivity contribution in [2.75, 3.05) is 7.11 Å². The van der Waals surface area contributed by atoms with Gasteiger partial charge < -0.3 is 10.1 Å². The van der Waals surface area contributed by atoms with E-state index in [1.165, 1.54) is 0 Å². The number of hydrogen-bond acceptors (Lipinski definition) is 2. The maximum atomic E-state index is 11.6. The molecule has 0 saturated heterocycles. The fourth-order valence-electron chi connectivity index (χ4n) is 1.80. The Balaban J connectivity index is 2.62. The van der Waals surface area contributed by atoms with Crippen LogP contribution in [0.25, 0.3) is 0 Å². The number of rotatable bonds is 5. The predicted molar refractivity (Wildman–Crippen MR) is 73.7 cm³/mol. The molecule has 1 atom stereocenters. The summed E-state index contributed by atoms with van der Waals surface area (Å²) in [5.74, 6) is 0.818. The van der Waals surface area contributed by atoms with Crippen molar-refractivity contribution < 1.29 is 9.53 Å². The Hall–Kier alpha value is -1.77. The van der Waals surface area contributed by atoms with Crippen molar-refractivity contribution >= 4 is 5.91 Å². The molecule has 1 amide bonds. The first-order valence-corrected chi connectivity index (χ1v) is 6.10. The maximum Gasteiger partial charge on any atom is 0.244 e. The smallest absolute Gasteiger partial charge is 0.244 e. The van der Waals surface area contributed by atoms with Crippen LogP contribution in [-0.4, -0.2) is 19.1 Å². The number of carbonyl (C=O) groups is 1. The first kappa shape index (κ1) is 14.3. The molecule has 0 aliphatic rings. The zero-order valence-electron chi connectivity index (χ0n) is 11.5. The first-order chi connectivity index (χ1) is 8.52. The van der Waals surface area contributed by atoms with Gasteiger partial charge in [-0.2, -0.15) is 0 Å². The van der Waals surface area contributed by atoms with Crippen molar-refractivity contribution in [1.29, 1.82) is 0 Å². The number of benzene rings is 1. The predicted octanol–water partition coefficient (Wildman–Crippen LogP) is 2.71. The van der Waals surface area contributed by atoms with Gasteiger partial charge >= 0.3 is 0 Å². The van der Waals surface area contributed by atoms with E-state index in [9.17, 15) is 4.79 Å². The van der Waals surface area contributed by atoms with Gasteiger partial charge in [-0.05, 0) is 38.8 Å². The molecule has 3 nitrogen and oxygen atoms in total. The van der Waals surface area contributed by atoms with Crippen molar-refractivity contribution in [2.45, 2.75) is 33.2 Å². The highest BCUT2D eigenvalue weighted by atomic mass is 16.5. The molecular weight excluding hydrogens is 226 g/mol. The molecule has 1 aromatic carbocycles. The molecule has 0 fully saturated rings. The van der Waals surface area contributed by atoms with Crippen molar-refractivity contribution in [3.8, 4) is 5.75 Å². The molecule has 0 bridgehead atoms. The normalized spacial score (nSPS) is 11.6. The molecule has 3 heteroatoms. The Morgan fingerprint density at radius 1 is 1.39 bits per heavy atom. The third kappa shape index (κ3) is 4.62. The highest BCUT2D eigenvalue weighted by Crippen LogP contribution is 2.18. The number of ether oxygens (including phenoxy) is 1. The van der Waals surface area contributed by atoms with E-state index in [0.717, 1.165) is 23.3 Å². The summed E-state index contributed by atoms with van der Waals surface area (Å²) < 4.78 is 5.29. The third-order valence-electron chi connectivity index (χ3n) is 2.53. The third-order valence-corrected chi connectivity index (χ3v) is 2.53. The van der Waals surface area contributed by atoms with Gasteiger partial charge in [-0.15, -0.1) is 0 Å². The van der Waals surface area contributed by atoms with Gasteiger partial charge in [0.2, 0.25) is 5.91 Å². The summed E-state index contributed by atoms with van der Waals surface area (Å²) >= 11 is 0. The van der Waals surface area contributed by atoms with Gasteiger partial charge in [-0.1, -0.05) is 23.8 Å². The summed E-state index contributed by atoms with van der Waals surface area (Å²) in [4.78, 5) is 11.6. The van der Waals surface area contributed by atoms with Crippen LogP contribution in [0.2, 0.25) is 0 Å². The summed E-state index contributed by atoms with van der Waals surface area (Å²) in [6, 6.07) is 7.93. The molecule has 1 N–H and O–H groups in total. The van der Waals surface area contributed by atoms with Gasteiger partial charge in [0.15, 0.2) is 0 Å². The number of carbonyl (C=O) groups excluding carboxylic acids is 1. The lowest BCUT2D eigenvalue weighted by Gasteiger charge is -2.15. The van der Waals surface area contributed by atoms with Crippen LogP contribution in [0.15, 0.2) is 35.9 Å². The summed E-state index contributed by atoms with van der Waals surface area (Å²) in [7, 11) is 1.66. The van der Waals surface area contributed by atoms with E-state index in [4.69, 9.17) is 4.74 Å². The molecule has 1 unspecified atom stereocenters. The lowest BCUT2D eigenvalue weighted by Crippen LogP contribution is -2.33. The van der Waals surface area contributed by atoms with Crippen LogP contribution in [0.3, 0.4) is 0 Å². The minimum atomic E-state index is -0.0441. The molecule has 98 valence electrons. The lowest BCUT2D eigenvalue weighted by molar-refractivity contribution is -0.117. The second-order valence-electron chi connectivity index (χ2n) is 4.65. The fraction of sp³-hybridized carbons (Fsp3) is 0.400. The number of hydrogen-bond donors (Lipinski definition) is 1.